The number of hydrogen-bond donors (Lipinski definition) is 1. The molecule has 3 rings (SSSR count). The molecule has 2 aliphatic carbocycles. The van der Waals surface area contributed by atoms with Gasteiger partial charge in [-0.25, -0.2) is 0 Å². The van der Waals surface area contributed by atoms with Crippen LogP contribution in [0.1, 0.15) is 25.7 Å². The topological polar surface area (TPSA) is 37.8 Å². The Bertz CT molecular complexity index is 349. The van der Waals surface area contributed by atoms with E-state index in [0.29, 0.717) is 11.2 Å². The third-order valence-corrected chi connectivity index (χ3v) is 3.40. The maximum absolute atomic E-state index is 5.81. The molecule has 0 spiro atoms. The monoisotopic (exact) mass is 223 g/mol. The smallest absolute Gasteiger partial charge is 0.153 e. The minimum Gasteiger partial charge on any atom is -0.380 e. The van der Waals surface area contributed by atoms with E-state index in [-0.39, 0.29) is 0 Å². The number of anilines is 1. The van der Waals surface area contributed by atoms with Gasteiger partial charge in [-0.3, -0.25) is 0 Å². The molecule has 1 N–H and O–H groups in total. The minimum absolute atomic E-state index is 0.463. The minimum atomic E-state index is 0.463. The van der Waals surface area contributed by atoms with E-state index in [1.165, 1.54) is 25.7 Å². The summed E-state index contributed by atoms with van der Waals surface area (Å²) in [5.74, 6) is 1.76. The number of aromatic nitrogens is 2. The highest BCUT2D eigenvalue weighted by atomic mass is 35.5. The highest BCUT2D eigenvalue weighted by Gasteiger charge is 2.41. The molecule has 1 heterocycles. The summed E-state index contributed by atoms with van der Waals surface area (Å²) in [6, 6.07) is 2.50. The van der Waals surface area contributed by atoms with E-state index in [1.54, 1.807) is 6.20 Å². The van der Waals surface area contributed by atoms with E-state index in [1.807, 2.05) is 6.07 Å². The van der Waals surface area contributed by atoms with Crippen LogP contribution in [-0.4, -0.2) is 16.2 Å². The molecule has 0 amide bonds. The molecule has 0 unspecified atom stereocenters. The molecule has 2 saturated carbocycles. The molecule has 0 aromatic carbocycles. The van der Waals surface area contributed by atoms with Gasteiger partial charge < -0.3 is 5.32 Å². The molecular formula is C11H14ClN3. The van der Waals surface area contributed by atoms with Crippen molar-refractivity contribution in [3.63, 3.8) is 0 Å². The zero-order chi connectivity index (χ0) is 10.3. The summed E-state index contributed by atoms with van der Waals surface area (Å²) in [7, 11) is 0. The summed E-state index contributed by atoms with van der Waals surface area (Å²) < 4.78 is 0. The van der Waals surface area contributed by atoms with Crippen LogP contribution in [0.25, 0.3) is 0 Å². The number of nitrogens with one attached hydrogen (secondary N) is 1. The predicted octanol–water partition coefficient (Wildman–Crippen LogP) is 2.73. The molecular weight excluding hydrogens is 210 g/mol. The van der Waals surface area contributed by atoms with Crippen molar-refractivity contribution in [3.05, 3.63) is 17.4 Å². The Morgan fingerprint density at radius 2 is 1.93 bits per heavy atom. The molecule has 0 atom stereocenters. The number of hydrogen-bond acceptors (Lipinski definition) is 3. The van der Waals surface area contributed by atoms with Crippen molar-refractivity contribution in [2.24, 2.45) is 11.8 Å². The number of nitrogens with zero attached hydrogens (tertiary/aromatic N) is 2. The lowest BCUT2D eigenvalue weighted by Crippen LogP contribution is -2.24. The maximum atomic E-state index is 5.81. The van der Waals surface area contributed by atoms with E-state index in [2.05, 4.69) is 15.5 Å². The molecule has 2 fully saturated rings. The lowest BCUT2D eigenvalue weighted by Gasteiger charge is -2.18. The Balaban J connectivity index is 1.71. The summed E-state index contributed by atoms with van der Waals surface area (Å²) in [5.41, 5.74) is 1.01. The van der Waals surface area contributed by atoms with Crippen LogP contribution in [0, 0.1) is 11.8 Å². The van der Waals surface area contributed by atoms with Gasteiger partial charge in [0.25, 0.3) is 0 Å². The molecule has 1 aromatic rings. The zero-order valence-corrected chi connectivity index (χ0v) is 9.24. The van der Waals surface area contributed by atoms with Gasteiger partial charge in [-0.05, 0) is 37.5 Å². The fourth-order valence-corrected chi connectivity index (χ4v) is 2.30. The van der Waals surface area contributed by atoms with Gasteiger partial charge in [0.1, 0.15) is 0 Å². The van der Waals surface area contributed by atoms with Crippen molar-refractivity contribution in [1.29, 1.82) is 0 Å². The molecule has 15 heavy (non-hydrogen) atoms. The Hall–Kier alpha value is -0.830. The van der Waals surface area contributed by atoms with Crippen LogP contribution in [-0.2, 0) is 0 Å². The molecule has 1 aromatic heterocycles. The highest BCUT2D eigenvalue weighted by Crippen LogP contribution is 2.45. The summed E-state index contributed by atoms with van der Waals surface area (Å²) >= 11 is 5.81. The third kappa shape index (κ3) is 2.23. The van der Waals surface area contributed by atoms with E-state index in [4.69, 9.17) is 11.6 Å². The molecule has 3 nitrogen and oxygen atoms in total. The third-order valence-electron chi connectivity index (χ3n) is 3.22. The number of halogens is 1. The van der Waals surface area contributed by atoms with Gasteiger partial charge in [0, 0.05) is 12.1 Å². The summed E-state index contributed by atoms with van der Waals surface area (Å²) in [5, 5.41) is 11.6. The molecule has 0 radical (unpaired) electrons. The first-order valence-electron chi connectivity index (χ1n) is 5.58. The zero-order valence-electron chi connectivity index (χ0n) is 8.49. The Labute approximate surface area is 94.2 Å². The van der Waals surface area contributed by atoms with E-state index in [0.717, 1.165) is 17.5 Å². The van der Waals surface area contributed by atoms with Crippen LogP contribution in [0.15, 0.2) is 12.3 Å². The van der Waals surface area contributed by atoms with Crippen LogP contribution < -0.4 is 5.32 Å². The first kappa shape index (κ1) is 9.40. The van der Waals surface area contributed by atoms with E-state index < -0.39 is 0 Å². The van der Waals surface area contributed by atoms with Crippen molar-refractivity contribution in [2.45, 2.75) is 31.7 Å². The van der Waals surface area contributed by atoms with Crippen molar-refractivity contribution in [2.75, 3.05) is 5.32 Å². The largest absolute Gasteiger partial charge is 0.380 e. The summed E-state index contributed by atoms with van der Waals surface area (Å²) in [6.07, 6.45) is 7.26. The van der Waals surface area contributed by atoms with Crippen molar-refractivity contribution < 1.29 is 0 Å². The molecule has 2 aliphatic rings. The van der Waals surface area contributed by atoms with Crippen LogP contribution in [0.2, 0.25) is 5.15 Å². The van der Waals surface area contributed by atoms with Crippen LogP contribution in [0.3, 0.4) is 0 Å². The predicted molar refractivity (Wildman–Crippen MR) is 59.9 cm³/mol. The number of rotatable bonds is 4. The molecule has 0 aliphatic heterocycles. The van der Waals surface area contributed by atoms with Crippen LogP contribution in [0.5, 0.6) is 0 Å². The summed E-state index contributed by atoms with van der Waals surface area (Å²) in [6.45, 7) is 0. The normalized spacial score (nSPS) is 20.7. The molecule has 0 bridgehead atoms. The van der Waals surface area contributed by atoms with Crippen LogP contribution >= 0.6 is 11.6 Å². The van der Waals surface area contributed by atoms with Gasteiger partial charge >= 0.3 is 0 Å². The van der Waals surface area contributed by atoms with Gasteiger partial charge in [-0.1, -0.05) is 11.6 Å². The maximum Gasteiger partial charge on any atom is 0.153 e. The van der Waals surface area contributed by atoms with Crippen LogP contribution in [0.4, 0.5) is 5.69 Å². The van der Waals surface area contributed by atoms with Gasteiger partial charge in [0.2, 0.25) is 0 Å². The lowest BCUT2D eigenvalue weighted by atomic mass is 10.1. The van der Waals surface area contributed by atoms with E-state index >= 15 is 0 Å². The second kappa shape index (κ2) is 3.63. The van der Waals surface area contributed by atoms with Gasteiger partial charge in [0.15, 0.2) is 5.15 Å². The van der Waals surface area contributed by atoms with Gasteiger partial charge in [-0.2, -0.15) is 5.10 Å². The Morgan fingerprint density at radius 3 is 2.47 bits per heavy atom. The first-order valence-corrected chi connectivity index (χ1v) is 5.95. The Morgan fingerprint density at radius 1 is 1.27 bits per heavy atom. The average Bonchev–Trinajstić information content (AvgIpc) is 3.07. The highest BCUT2D eigenvalue weighted by molar-refractivity contribution is 6.29. The molecule has 80 valence electrons. The standard InChI is InChI=1S/C11H14ClN3/c12-10-5-9(6-13-15-10)14-11(7-1-2-7)8-3-4-8/h5-8,11H,1-4H2,(H,14,15). The van der Waals surface area contributed by atoms with Gasteiger partial charge in [0.05, 0.1) is 11.9 Å². The molecule has 0 saturated heterocycles. The van der Waals surface area contributed by atoms with Gasteiger partial charge in [-0.15, -0.1) is 5.10 Å². The van der Waals surface area contributed by atoms with Crippen molar-refractivity contribution >= 4 is 17.3 Å². The summed E-state index contributed by atoms with van der Waals surface area (Å²) in [4.78, 5) is 0. The lowest BCUT2D eigenvalue weighted by molar-refractivity contribution is 0.567. The second-order valence-electron chi connectivity index (χ2n) is 4.61. The van der Waals surface area contributed by atoms with Crippen molar-refractivity contribution in [1.82, 2.24) is 10.2 Å². The average molecular weight is 224 g/mol. The fourth-order valence-electron chi connectivity index (χ4n) is 2.14. The molecule has 4 heteroatoms. The Kier molecular flexibility index (Phi) is 2.28. The quantitative estimate of drug-likeness (QED) is 0.853. The first-order chi connectivity index (χ1) is 7.33. The second-order valence-corrected chi connectivity index (χ2v) is 5.00. The van der Waals surface area contributed by atoms with E-state index in [9.17, 15) is 0 Å². The fraction of sp³-hybridized carbons (Fsp3) is 0.636. The van der Waals surface area contributed by atoms with Crippen molar-refractivity contribution in [3.8, 4) is 0 Å². The SMILES string of the molecule is Clc1cc(NC(C2CC2)C2CC2)cnn1.